The van der Waals surface area contributed by atoms with Crippen molar-refractivity contribution in [1.29, 1.82) is 0 Å². The Morgan fingerprint density at radius 2 is 1.70 bits per heavy atom. The van der Waals surface area contributed by atoms with E-state index in [-0.39, 0.29) is 29.0 Å². The van der Waals surface area contributed by atoms with Crippen molar-refractivity contribution in [2.24, 2.45) is 0 Å². The fraction of sp³-hybridized carbons (Fsp3) is 0.265. The second-order valence-corrected chi connectivity index (χ2v) is 12.1. The molecule has 0 spiro atoms. The SMILES string of the molecule is O=C1c2c(c3c4ccc(O)cc4n(C4OC(CO)C(O)CC4O)c3c3[nH]c4cc(O)ccc4c23)C(=O)N1NCCCc1cccnc1. The van der Waals surface area contributed by atoms with Gasteiger partial charge in [-0.2, -0.15) is 0 Å². The van der Waals surface area contributed by atoms with Gasteiger partial charge in [0.05, 0.1) is 45.9 Å². The zero-order valence-corrected chi connectivity index (χ0v) is 24.9. The smallest absolute Gasteiger partial charge is 0.276 e. The summed E-state index contributed by atoms with van der Waals surface area (Å²) >= 11 is 0. The van der Waals surface area contributed by atoms with E-state index in [1.807, 2.05) is 12.1 Å². The minimum absolute atomic E-state index is 0.00691. The van der Waals surface area contributed by atoms with Gasteiger partial charge >= 0.3 is 0 Å². The quantitative estimate of drug-likeness (QED) is 0.101. The summed E-state index contributed by atoms with van der Waals surface area (Å²) in [6.45, 7) is -0.172. The number of H-pyrrole nitrogens is 1. The van der Waals surface area contributed by atoms with E-state index in [1.54, 1.807) is 29.1 Å². The summed E-state index contributed by atoms with van der Waals surface area (Å²) < 4.78 is 7.73. The molecular formula is C34H31N5O8. The molecule has 13 heteroatoms. The Bertz CT molecular complexity index is 2230. The first-order valence-corrected chi connectivity index (χ1v) is 15.4. The predicted molar refractivity (Wildman–Crippen MR) is 171 cm³/mol. The first-order valence-electron chi connectivity index (χ1n) is 15.4. The second kappa shape index (κ2) is 11.0. The van der Waals surface area contributed by atoms with E-state index in [9.17, 15) is 35.1 Å². The highest BCUT2D eigenvalue weighted by atomic mass is 16.5. The van der Waals surface area contributed by atoms with Crippen molar-refractivity contribution in [2.75, 3.05) is 13.2 Å². The van der Waals surface area contributed by atoms with E-state index < -0.39 is 43.0 Å². The van der Waals surface area contributed by atoms with Gasteiger partial charge in [0, 0.05) is 59.0 Å². The van der Waals surface area contributed by atoms with Crippen LogP contribution in [0.5, 0.6) is 11.5 Å². The van der Waals surface area contributed by atoms with Gasteiger partial charge < -0.3 is 39.8 Å². The molecule has 8 rings (SSSR count). The Labute approximate surface area is 266 Å². The van der Waals surface area contributed by atoms with Crippen molar-refractivity contribution in [3.8, 4) is 11.5 Å². The summed E-state index contributed by atoms with van der Waals surface area (Å²) in [4.78, 5) is 36.0. The van der Waals surface area contributed by atoms with Crippen LogP contribution in [0, 0.1) is 0 Å². The molecule has 13 nitrogen and oxygen atoms in total. The van der Waals surface area contributed by atoms with Crippen LogP contribution < -0.4 is 5.43 Å². The molecule has 1 fully saturated rings. The van der Waals surface area contributed by atoms with Crippen molar-refractivity contribution < 1.29 is 39.9 Å². The number of carbonyl (C=O) groups excluding carboxylic acids is 2. The molecule has 0 saturated carbocycles. The lowest BCUT2D eigenvalue weighted by Crippen LogP contribution is -2.46. The number of phenolic OH excluding ortho intramolecular Hbond substituents is 2. The molecule has 2 aliphatic heterocycles. The number of hydrogen-bond donors (Lipinski definition) is 7. The van der Waals surface area contributed by atoms with Gasteiger partial charge in [0.1, 0.15) is 23.7 Å². The summed E-state index contributed by atoms with van der Waals surface area (Å²) in [5.74, 6) is -1.19. The summed E-state index contributed by atoms with van der Waals surface area (Å²) in [5.41, 5.74) is 6.13. The number of carbonyl (C=O) groups is 2. The summed E-state index contributed by atoms with van der Waals surface area (Å²) in [6, 6.07) is 13.1. The number of nitrogens with zero attached hydrogens (tertiary/aromatic N) is 3. The lowest BCUT2D eigenvalue weighted by atomic mass is 9.96. The van der Waals surface area contributed by atoms with E-state index >= 15 is 0 Å². The molecule has 5 heterocycles. The number of aliphatic hydroxyl groups excluding tert-OH is 3. The zero-order chi connectivity index (χ0) is 32.6. The van der Waals surface area contributed by atoms with Crippen LogP contribution in [0.25, 0.3) is 43.6 Å². The molecule has 47 heavy (non-hydrogen) atoms. The number of aromatic amines is 1. The van der Waals surface area contributed by atoms with Gasteiger partial charge in [-0.3, -0.25) is 14.6 Å². The first kappa shape index (κ1) is 29.4. The van der Waals surface area contributed by atoms with Crippen LogP contribution in [0.3, 0.4) is 0 Å². The Hall–Kier alpha value is -5.05. The van der Waals surface area contributed by atoms with Gasteiger partial charge in [-0.05, 0) is 48.7 Å². The molecule has 0 bridgehead atoms. The van der Waals surface area contributed by atoms with E-state index in [0.717, 1.165) is 10.6 Å². The van der Waals surface area contributed by atoms with Crippen LogP contribution in [-0.4, -0.2) is 88.4 Å². The zero-order valence-electron chi connectivity index (χ0n) is 24.9. The van der Waals surface area contributed by atoms with Crippen LogP contribution in [-0.2, 0) is 11.2 Å². The number of benzene rings is 3. The fourth-order valence-corrected chi connectivity index (χ4v) is 7.13. The van der Waals surface area contributed by atoms with Crippen molar-refractivity contribution in [2.45, 2.75) is 43.8 Å². The van der Waals surface area contributed by atoms with Crippen LogP contribution in [0.15, 0.2) is 60.9 Å². The largest absolute Gasteiger partial charge is 0.508 e. The maximum Gasteiger partial charge on any atom is 0.276 e. The first-order chi connectivity index (χ1) is 22.8. The van der Waals surface area contributed by atoms with E-state index in [0.29, 0.717) is 63.0 Å². The average molecular weight is 638 g/mol. The fourth-order valence-electron chi connectivity index (χ4n) is 7.13. The lowest BCUT2D eigenvalue weighted by molar-refractivity contribution is -0.203. The van der Waals surface area contributed by atoms with Crippen molar-refractivity contribution in [1.82, 2.24) is 25.0 Å². The number of aromatic nitrogens is 3. The number of ether oxygens (including phenoxy) is 1. The number of hydrazine groups is 1. The van der Waals surface area contributed by atoms with Crippen LogP contribution in [0.4, 0.5) is 0 Å². The third-order valence-electron chi connectivity index (χ3n) is 9.22. The molecule has 7 N–H and O–H groups in total. The molecule has 3 aromatic heterocycles. The normalized spacial score (nSPS) is 21.6. The Morgan fingerprint density at radius 1 is 0.957 bits per heavy atom. The number of aliphatic hydroxyl groups is 3. The number of pyridine rings is 1. The monoisotopic (exact) mass is 637 g/mol. The van der Waals surface area contributed by atoms with Crippen molar-refractivity contribution in [3.63, 3.8) is 0 Å². The second-order valence-electron chi connectivity index (χ2n) is 12.1. The molecule has 0 radical (unpaired) electrons. The number of phenols is 2. The van der Waals surface area contributed by atoms with Crippen LogP contribution in [0.1, 0.15) is 45.3 Å². The van der Waals surface area contributed by atoms with Gasteiger partial charge in [0.2, 0.25) is 0 Å². The number of amides is 2. The maximum absolute atomic E-state index is 14.3. The third-order valence-corrected chi connectivity index (χ3v) is 9.22. The highest BCUT2D eigenvalue weighted by Crippen LogP contribution is 2.47. The van der Waals surface area contributed by atoms with Gasteiger partial charge in [-0.25, -0.2) is 10.4 Å². The number of nitrogens with one attached hydrogen (secondary N) is 2. The summed E-state index contributed by atoms with van der Waals surface area (Å²) in [7, 11) is 0. The Morgan fingerprint density at radius 3 is 2.45 bits per heavy atom. The third kappa shape index (κ3) is 4.47. The average Bonchev–Trinajstić information content (AvgIpc) is 3.67. The molecule has 1 saturated heterocycles. The maximum atomic E-state index is 14.3. The van der Waals surface area contributed by atoms with Crippen molar-refractivity contribution >= 4 is 55.4 Å². The predicted octanol–water partition coefficient (Wildman–Crippen LogP) is 2.97. The summed E-state index contributed by atoms with van der Waals surface area (Å²) in [6.07, 6.45) is 0.179. The molecule has 4 atom stereocenters. The standard InChI is InChI=1S/C34H31N5O8/c40-15-25-23(43)13-24(44)34(47-25)38-22-12-18(42)6-8-20(22)27-29-28(26-19-7-5-17(41)11-21(19)37-30(26)31(27)38)32(45)39(33(29)46)36-10-2-4-16-3-1-9-35-14-16/h1,3,5-9,11-12,14,23-25,34,36-37,40-44H,2,4,10,13,15H2. The molecule has 240 valence electrons. The Kier molecular flexibility index (Phi) is 6.89. The van der Waals surface area contributed by atoms with E-state index in [1.165, 1.54) is 24.3 Å². The molecular weight excluding hydrogens is 606 g/mol. The molecule has 2 aliphatic rings. The van der Waals surface area contributed by atoms with E-state index in [2.05, 4.69) is 15.4 Å². The number of aryl methyl sites for hydroxylation is 1. The molecule has 2 amide bonds. The highest BCUT2D eigenvalue weighted by molar-refractivity contribution is 6.39. The number of fused-ring (bicyclic) bond motifs is 10. The summed E-state index contributed by atoms with van der Waals surface area (Å²) in [5, 5.41) is 55.6. The van der Waals surface area contributed by atoms with Crippen LogP contribution >= 0.6 is 0 Å². The highest BCUT2D eigenvalue weighted by Gasteiger charge is 2.44. The molecule has 6 aromatic rings. The number of imide groups is 1. The van der Waals surface area contributed by atoms with Crippen LogP contribution in [0.2, 0.25) is 0 Å². The minimum Gasteiger partial charge on any atom is -0.508 e. The van der Waals surface area contributed by atoms with Crippen molar-refractivity contribution in [3.05, 3.63) is 77.6 Å². The van der Waals surface area contributed by atoms with Gasteiger partial charge in [-0.1, -0.05) is 6.07 Å². The number of rotatable bonds is 7. The molecule has 0 aliphatic carbocycles. The lowest BCUT2D eigenvalue weighted by Gasteiger charge is -2.37. The topological polar surface area (TPSA) is 193 Å². The Balaban J connectivity index is 1.36. The number of aromatic hydroxyl groups is 2. The van der Waals surface area contributed by atoms with E-state index in [4.69, 9.17) is 4.74 Å². The minimum atomic E-state index is -1.24. The number of hydrogen-bond acceptors (Lipinski definition) is 10. The molecule has 4 unspecified atom stereocenters. The van der Waals surface area contributed by atoms with Gasteiger partial charge in [0.25, 0.3) is 11.8 Å². The molecule has 3 aromatic carbocycles. The van der Waals surface area contributed by atoms with Gasteiger partial charge in [-0.15, -0.1) is 0 Å². The van der Waals surface area contributed by atoms with Gasteiger partial charge in [0.15, 0.2) is 6.23 Å².